The van der Waals surface area contributed by atoms with E-state index in [-0.39, 0.29) is 29.3 Å². The van der Waals surface area contributed by atoms with Crippen LogP contribution in [-0.4, -0.2) is 99.1 Å². The smallest absolute Gasteiger partial charge is 0.280 e. The second kappa shape index (κ2) is 13.1. The molecule has 0 spiro atoms. The minimum absolute atomic E-state index is 0.0457. The van der Waals surface area contributed by atoms with Gasteiger partial charge in [0, 0.05) is 18.5 Å². The van der Waals surface area contributed by atoms with Gasteiger partial charge in [0.25, 0.3) is 5.92 Å². The van der Waals surface area contributed by atoms with Crippen LogP contribution in [0.25, 0.3) is 16.9 Å². The number of aromatic nitrogens is 4. The van der Waals surface area contributed by atoms with Crippen molar-refractivity contribution in [2.24, 2.45) is 0 Å². The Labute approximate surface area is 293 Å². The highest BCUT2D eigenvalue weighted by Crippen LogP contribution is 2.44. The Morgan fingerprint density at radius 1 is 0.961 bits per heavy atom. The zero-order chi connectivity index (χ0) is 35.3. The molecule has 2 amide bonds. The Kier molecular flexibility index (Phi) is 8.44. The minimum Gasteiger partial charge on any atom is -0.507 e. The molecule has 15 heteroatoms. The number of fused-ring (bicyclic) bond motifs is 1. The summed E-state index contributed by atoms with van der Waals surface area (Å²) in [5, 5.41) is 25.3. The summed E-state index contributed by atoms with van der Waals surface area (Å²) >= 11 is 0. The fourth-order valence-electron chi connectivity index (χ4n) is 8.04. The number of anilines is 3. The number of para-hydroxylation sites is 2. The van der Waals surface area contributed by atoms with Crippen LogP contribution in [-0.2, 0) is 9.59 Å². The van der Waals surface area contributed by atoms with Crippen molar-refractivity contribution in [1.82, 2.24) is 30.2 Å². The van der Waals surface area contributed by atoms with Gasteiger partial charge in [-0.3, -0.25) is 19.8 Å². The van der Waals surface area contributed by atoms with E-state index in [0.717, 1.165) is 17.0 Å². The van der Waals surface area contributed by atoms with E-state index in [1.54, 1.807) is 47.6 Å². The number of piperidine rings is 3. The molecule has 2 aromatic heterocycles. The van der Waals surface area contributed by atoms with E-state index >= 15 is 8.78 Å². The molecule has 0 bridgehead atoms. The molecule has 3 fully saturated rings. The first-order valence-corrected chi connectivity index (χ1v) is 17.4. The van der Waals surface area contributed by atoms with Gasteiger partial charge < -0.3 is 25.4 Å². The van der Waals surface area contributed by atoms with Crippen LogP contribution in [0.5, 0.6) is 11.5 Å². The number of likely N-dealkylation sites (tertiary alicyclic amines) is 1. The molecule has 266 valence electrons. The van der Waals surface area contributed by atoms with Gasteiger partial charge in [-0.2, -0.15) is 5.10 Å². The Balaban J connectivity index is 0.923. The molecule has 0 aliphatic carbocycles. The van der Waals surface area contributed by atoms with E-state index in [9.17, 15) is 14.7 Å². The number of aromatic hydroxyl groups is 1. The molecule has 4 N–H and O–H groups in total. The number of imide groups is 1. The van der Waals surface area contributed by atoms with Crippen molar-refractivity contribution in [3.8, 4) is 28.4 Å². The lowest BCUT2D eigenvalue weighted by Crippen LogP contribution is -2.59. The molecule has 13 nitrogen and oxygen atoms in total. The van der Waals surface area contributed by atoms with Crippen LogP contribution in [0.3, 0.4) is 0 Å². The third kappa shape index (κ3) is 6.19. The third-order valence-electron chi connectivity index (χ3n) is 10.6. The van der Waals surface area contributed by atoms with E-state index in [1.807, 2.05) is 28.0 Å². The number of amides is 2. The van der Waals surface area contributed by atoms with Crippen LogP contribution in [0.1, 0.15) is 43.6 Å². The normalized spacial score (nSPS) is 22.7. The molecule has 4 aliphatic rings. The van der Waals surface area contributed by atoms with Gasteiger partial charge in [0.15, 0.2) is 5.82 Å². The number of carbonyl (C=O) groups excluding carboxylic acids is 2. The largest absolute Gasteiger partial charge is 0.507 e. The summed E-state index contributed by atoms with van der Waals surface area (Å²) in [6.45, 7) is 2.05. The van der Waals surface area contributed by atoms with E-state index in [4.69, 9.17) is 10.5 Å². The number of ether oxygens (including phenoxy) is 1. The minimum atomic E-state index is -2.96. The first kappa shape index (κ1) is 32.9. The zero-order valence-electron chi connectivity index (χ0n) is 27.9. The molecule has 4 aliphatic heterocycles. The average Bonchev–Trinajstić information content (AvgIpc) is 3.62. The summed E-state index contributed by atoms with van der Waals surface area (Å²) in [5.41, 5.74) is 9.87. The lowest BCUT2D eigenvalue weighted by atomic mass is 9.86. The number of nitrogens with two attached hydrogens (primary N) is 1. The zero-order valence-corrected chi connectivity index (χ0v) is 27.9. The van der Waals surface area contributed by atoms with E-state index in [0.29, 0.717) is 87.5 Å². The lowest BCUT2D eigenvalue weighted by molar-refractivity contribution is -0.134. The number of nitrogens with one attached hydrogen (secondary N) is 1. The Morgan fingerprint density at radius 2 is 1.78 bits per heavy atom. The molecule has 51 heavy (non-hydrogen) atoms. The maximum Gasteiger partial charge on any atom is 0.280 e. The van der Waals surface area contributed by atoms with Crippen LogP contribution in [0.2, 0.25) is 0 Å². The molecule has 0 saturated carbocycles. The summed E-state index contributed by atoms with van der Waals surface area (Å²) in [4.78, 5) is 30.0. The Morgan fingerprint density at radius 3 is 2.57 bits per heavy atom. The predicted molar refractivity (Wildman–Crippen MR) is 185 cm³/mol. The first-order valence-electron chi connectivity index (χ1n) is 17.4. The number of rotatable bonds is 6. The second-order valence-electron chi connectivity index (χ2n) is 13.7. The van der Waals surface area contributed by atoms with Gasteiger partial charge in [-0.15, -0.1) is 10.2 Å². The molecule has 8 rings (SSSR count). The highest BCUT2D eigenvalue weighted by Gasteiger charge is 2.48. The van der Waals surface area contributed by atoms with Gasteiger partial charge in [-0.1, -0.05) is 24.3 Å². The number of alkyl halides is 2. The standard InChI is InChI=1S/C36H39F2N9O4/c37-36(38)21-45(23-19-40-47(20-23)29-18-26(42-43-34(29)39)25-4-1-2-7-30(25)48)15-12-31(36)44-13-10-22(11-14-44)24-5-3-6-27-33(24)51-17-16-46(27)28-8-9-32(49)41-35(28)50/h1-7,18-20,22,28,31,48H,8-17,21H2,(H2,39,43)(H,41,49,50)/t28-,31?/m1/s1. The van der Waals surface area contributed by atoms with Crippen molar-refractivity contribution in [3.05, 3.63) is 66.5 Å². The number of nitrogen functional groups attached to an aromatic ring is 1. The quantitative estimate of drug-likeness (QED) is 0.252. The van der Waals surface area contributed by atoms with Gasteiger partial charge in [-0.05, 0) is 74.5 Å². The maximum atomic E-state index is 15.9. The number of carbonyl (C=O) groups is 2. The highest BCUT2D eigenvalue weighted by atomic mass is 19.3. The van der Waals surface area contributed by atoms with Crippen molar-refractivity contribution in [3.63, 3.8) is 0 Å². The molecule has 4 aromatic rings. The first-order chi connectivity index (χ1) is 24.7. The number of hydrogen-bond donors (Lipinski definition) is 3. The van der Waals surface area contributed by atoms with E-state index in [2.05, 4.69) is 20.6 Å². The van der Waals surface area contributed by atoms with E-state index < -0.39 is 24.6 Å². The summed E-state index contributed by atoms with van der Waals surface area (Å²) in [6, 6.07) is 13.0. The number of benzene rings is 2. The number of nitrogens with zero attached hydrogens (tertiary/aromatic N) is 7. The van der Waals surface area contributed by atoms with Crippen LogP contribution in [0.4, 0.5) is 26.0 Å². The molecule has 3 saturated heterocycles. The van der Waals surface area contributed by atoms with Gasteiger partial charge in [0.05, 0.1) is 48.6 Å². The number of phenols is 1. The third-order valence-corrected chi connectivity index (χ3v) is 10.6. The predicted octanol–water partition coefficient (Wildman–Crippen LogP) is 3.71. The van der Waals surface area contributed by atoms with Gasteiger partial charge in [0.1, 0.15) is 29.8 Å². The maximum absolute atomic E-state index is 15.9. The molecular formula is C36H39F2N9O4. The van der Waals surface area contributed by atoms with Gasteiger partial charge in [-0.25, -0.2) is 13.5 Å². The molecular weight excluding hydrogens is 660 g/mol. The average molecular weight is 700 g/mol. The highest BCUT2D eigenvalue weighted by molar-refractivity contribution is 6.02. The molecule has 2 aromatic carbocycles. The molecule has 1 unspecified atom stereocenters. The van der Waals surface area contributed by atoms with Crippen molar-refractivity contribution >= 4 is 29.0 Å². The van der Waals surface area contributed by atoms with Crippen LogP contribution >= 0.6 is 0 Å². The molecule has 6 heterocycles. The van der Waals surface area contributed by atoms with Crippen molar-refractivity contribution in [2.45, 2.75) is 56.0 Å². The van der Waals surface area contributed by atoms with Crippen molar-refractivity contribution < 1.29 is 28.2 Å². The summed E-state index contributed by atoms with van der Waals surface area (Å²) in [7, 11) is 0. The summed E-state index contributed by atoms with van der Waals surface area (Å²) < 4.78 is 39.5. The van der Waals surface area contributed by atoms with Crippen LogP contribution < -0.4 is 25.6 Å². The number of hydrogen-bond acceptors (Lipinski definition) is 11. The SMILES string of the molecule is Nc1nnc(-c2ccccc2O)cc1-n1cc(N2CCC(N3CCC(c4cccc5c4OCCN5[C@@H]4CCC(=O)NC4=O)CC3)C(F)(F)C2)cn1. The van der Waals surface area contributed by atoms with Crippen LogP contribution in [0, 0.1) is 0 Å². The topological polar surface area (TPSA) is 155 Å². The van der Waals surface area contributed by atoms with Crippen molar-refractivity contribution in [1.29, 1.82) is 0 Å². The van der Waals surface area contributed by atoms with Crippen molar-refractivity contribution in [2.75, 3.05) is 54.9 Å². The van der Waals surface area contributed by atoms with Gasteiger partial charge in [0.2, 0.25) is 11.8 Å². The lowest BCUT2D eigenvalue weighted by Gasteiger charge is -2.46. The Hall–Kier alpha value is -5.31. The monoisotopic (exact) mass is 699 g/mol. The number of phenolic OH excluding ortho intramolecular Hbond substituents is 1. The van der Waals surface area contributed by atoms with Crippen LogP contribution in [0.15, 0.2) is 60.9 Å². The Bertz CT molecular complexity index is 1960. The fraction of sp³-hybridized carbons (Fsp3) is 0.417. The van der Waals surface area contributed by atoms with Gasteiger partial charge >= 0.3 is 0 Å². The summed E-state index contributed by atoms with van der Waals surface area (Å²) in [6.07, 6.45) is 5.69. The summed E-state index contributed by atoms with van der Waals surface area (Å²) in [5.74, 6) is -2.44. The molecule has 0 radical (unpaired) electrons. The van der Waals surface area contributed by atoms with E-state index in [1.165, 1.54) is 4.68 Å². The second-order valence-corrected chi connectivity index (χ2v) is 13.7. The molecule has 2 atom stereocenters. The fourth-order valence-corrected chi connectivity index (χ4v) is 8.04. The number of halogens is 2.